The van der Waals surface area contributed by atoms with E-state index >= 15 is 0 Å². The van der Waals surface area contributed by atoms with Gasteiger partial charge >= 0.3 is 0 Å². The number of nitrogens with zero attached hydrogens (tertiary/aromatic N) is 2. The van der Waals surface area contributed by atoms with Crippen LogP contribution in [0, 0.1) is 11.3 Å². The Balaban J connectivity index is 0.00000256. The Bertz CT molecular complexity index is 1030. The molecule has 30 heavy (non-hydrogen) atoms. The third-order valence-electron chi connectivity index (χ3n) is 4.79. The van der Waals surface area contributed by atoms with Crippen molar-refractivity contribution in [2.75, 3.05) is 6.26 Å². The molecule has 4 rings (SSSR count). The van der Waals surface area contributed by atoms with Crippen LogP contribution >= 0.6 is 43.0 Å². The molecule has 3 nitrogen and oxygen atoms in total. The average molecular weight is 543 g/mol. The molecule has 0 saturated carbocycles. The van der Waals surface area contributed by atoms with Crippen LogP contribution in [0.4, 0.5) is 0 Å². The number of nitriles is 1. The van der Waals surface area contributed by atoms with Gasteiger partial charge in [0, 0.05) is 0 Å². The first-order valence-corrected chi connectivity index (χ1v) is 12.3. The van der Waals surface area contributed by atoms with E-state index in [1.807, 2.05) is 24.5 Å². The highest BCUT2D eigenvalue weighted by atomic mass is 127. The van der Waals surface area contributed by atoms with Gasteiger partial charge in [-0.1, -0.05) is 66.4 Å². The summed E-state index contributed by atoms with van der Waals surface area (Å²) in [5.74, 6) is 0.471. The first-order chi connectivity index (χ1) is 14.3. The molecule has 0 aliphatic rings. The summed E-state index contributed by atoms with van der Waals surface area (Å²) in [6.07, 6.45) is 2.15. The molecule has 3 aromatic carbocycles. The topological polar surface area (TPSA) is 49.8 Å². The number of aromatic nitrogens is 1. The number of halogens is 1. The van der Waals surface area contributed by atoms with E-state index in [4.69, 9.17) is 9.40 Å². The molecule has 0 aliphatic carbocycles. The van der Waals surface area contributed by atoms with Gasteiger partial charge < -0.3 is 4.42 Å². The van der Waals surface area contributed by atoms with Gasteiger partial charge in [-0.2, -0.15) is 10.2 Å². The maximum absolute atomic E-state index is 9.20. The van der Waals surface area contributed by atoms with Gasteiger partial charge in [-0.05, 0) is 42.7 Å². The summed E-state index contributed by atoms with van der Waals surface area (Å²) in [6.45, 7) is 0. The monoisotopic (exact) mass is 543 g/mol. The second-order valence-electron chi connectivity index (χ2n) is 6.44. The Labute approximate surface area is 198 Å². The van der Waals surface area contributed by atoms with E-state index in [0.29, 0.717) is 5.89 Å². The molecule has 0 saturated heterocycles. The highest BCUT2D eigenvalue weighted by molar-refractivity contribution is 14.0. The van der Waals surface area contributed by atoms with Gasteiger partial charge in [0.25, 0.3) is 5.44 Å². The number of rotatable bonds is 6. The Kier molecular flexibility index (Phi) is 7.71. The molecule has 150 valence electrons. The Morgan fingerprint density at radius 1 is 0.833 bits per heavy atom. The summed E-state index contributed by atoms with van der Waals surface area (Å²) in [5, 5.41) is 13.6. The number of benzene rings is 3. The quantitative estimate of drug-likeness (QED) is 0.201. The summed E-state index contributed by atoms with van der Waals surface area (Å²) in [6, 6.07) is 33.8. The zero-order chi connectivity index (χ0) is 20.1. The van der Waals surface area contributed by atoms with Crippen LogP contribution in [-0.4, -0.2) is 11.2 Å². The third kappa shape index (κ3) is 4.05. The van der Waals surface area contributed by atoms with E-state index in [2.05, 4.69) is 78.9 Å². The second kappa shape index (κ2) is 10.3. The molecule has 1 heterocycles. The first-order valence-electron chi connectivity index (χ1n) is 9.28. The first kappa shape index (κ1) is 22.6. The van der Waals surface area contributed by atoms with Gasteiger partial charge in [0.2, 0.25) is 11.0 Å². The molecule has 0 N–H and O–H groups in total. The van der Waals surface area contributed by atoms with Crippen LogP contribution in [0.3, 0.4) is 0 Å². The Morgan fingerprint density at radius 3 is 1.63 bits per heavy atom. The smallest absolute Gasteiger partial charge is 0.250 e. The highest BCUT2D eigenvalue weighted by Crippen LogP contribution is 2.55. The Morgan fingerprint density at radius 2 is 1.27 bits per heavy atom. The normalized spacial score (nSPS) is 10.8. The van der Waals surface area contributed by atoms with Gasteiger partial charge in [-0.3, -0.25) is 0 Å². The van der Waals surface area contributed by atoms with E-state index in [1.54, 1.807) is 11.8 Å². The predicted octanol–water partition coefficient (Wildman–Crippen LogP) is 4.70. The van der Waals surface area contributed by atoms with E-state index in [-0.39, 0.29) is 30.4 Å². The van der Waals surface area contributed by atoms with Crippen LogP contribution < -0.4 is 21.3 Å². The number of oxazole rings is 1. The van der Waals surface area contributed by atoms with Crippen molar-refractivity contribution in [1.82, 2.24) is 4.98 Å². The minimum atomic E-state index is -2.30. The predicted molar refractivity (Wildman–Crippen MR) is 138 cm³/mol. The lowest BCUT2D eigenvalue weighted by molar-refractivity contribution is 0.436. The maximum Gasteiger partial charge on any atom is 0.250 e. The molecule has 0 radical (unpaired) electrons. The van der Waals surface area contributed by atoms with Crippen molar-refractivity contribution in [3.63, 3.8) is 0 Å². The molecule has 1 aromatic heterocycles. The lowest BCUT2D eigenvalue weighted by atomic mass is 10.4. The van der Waals surface area contributed by atoms with Crippen molar-refractivity contribution in [2.45, 2.75) is 11.5 Å². The molecule has 0 amide bonds. The fourth-order valence-electron chi connectivity index (χ4n) is 3.60. The summed E-state index contributed by atoms with van der Waals surface area (Å²) < 4.78 is 6.03. The van der Waals surface area contributed by atoms with Crippen molar-refractivity contribution in [3.05, 3.63) is 96.9 Å². The Hall–Kier alpha value is -2.13. The lowest BCUT2D eigenvalue weighted by Gasteiger charge is -2.25. The van der Waals surface area contributed by atoms with Gasteiger partial charge in [0.05, 0.1) is 6.07 Å². The molecule has 0 bridgehead atoms. The number of thioether (sulfide) groups is 1. The second-order valence-corrected chi connectivity index (χ2v) is 10.5. The van der Waals surface area contributed by atoms with E-state index in [1.165, 1.54) is 15.9 Å². The van der Waals surface area contributed by atoms with E-state index in [0.717, 1.165) is 10.5 Å². The largest absolute Gasteiger partial charge is 0.429 e. The third-order valence-corrected chi connectivity index (χ3v) is 9.74. The molecular weight excluding hydrogens is 522 g/mol. The van der Waals surface area contributed by atoms with Crippen molar-refractivity contribution in [1.29, 1.82) is 5.26 Å². The van der Waals surface area contributed by atoms with Crippen molar-refractivity contribution >= 4 is 64.3 Å². The van der Waals surface area contributed by atoms with Gasteiger partial charge in [-0.25, -0.2) is 0 Å². The molecule has 0 fully saturated rings. The van der Waals surface area contributed by atoms with Crippen molar-refractivity contribution in [2.24, 2.45) is 0 Å². The number of hydrogen-bond acceptors (Lipinski definition) is 4. The fraction of sp³-hybridized carbons (Fsp3) is 0.0833. The van der Waals surface area contributed by atoms with E-state index in [9.17, 15) is 5.26 Å². The van der Waals surface area contributed by atoms with Crippen LogP contribution in [0.2, 0.25) is 0 Å². The van der Waals surface area contributed by atoms with Crippen LogP contribution in [0.5, 0.6) is 0 Å². The summed E-state index contributed by atoms with van der Waals surface area (Å²) in [5.41, 5.74) is 0.929. The molecule has 0 aliphatic heterocycles. The summed E-state index contributed by atoms with van der Waals surface area (Å²) in [4.78, 5) is 4.91. The SMILES string of the molecule is CSc1oc(CC#N)nc1[P+](c1ccccc1)(c1ccccc1)c1ccccc1.I. The molecule has 0 atom stereocenters. The van der Waals surface area contributed by atoms with Crippen molar-refractivity contribution < 1.29 is 4.42 Å². The summed E-state index contributed by atoms with van der Waals surface area (Å²) in [7, 11) is -2.30. The average Bonchev–Trinajstić information content (AvgIpc) is 3.20. The van der Waals surface area contributed by atoms with Crippen LogP contribution in [-0.2, 0) is 6.42 Å². The standard InChI is InChI=1S/C24H20N2OPS.HI/c1-29-24-23(26-22(27-24)17-18-25)28(19-11-5-2-6-12-19,20-13-7-3-8-14-20)21-15-9-4-10-16-21;/h2-16H,17H2,1H3;1H/q+1;. The van der Waals surface area contributed by atoms with Crippen molar-refractivity contribution in [3.8, 4) is 6.07 Å². The van der Waals surface area contributed by atoms with Crippen LogP contribution in [0.1, 0.15) is 5.89 Å². The molecule has 0 unspecified atom stereocenters. The van der Waals surface area contributed by atoms with Crippen LogP contribution in [0.15, 0.2) is 101 Å². The van der Waals surface area contributed by atoms with E-state index < -0.39 is 7.26 Å². The lowest BCUT2D eigenvalue weighted by Crippen LogP contribution is -2.40. The van der Waals surface area contributed by atoms with Gasteiger partial charge in [-0.15, -0.1) is 24.0 Å². The van der Waals surface area contributed by atoms with Gasteiger partial charge in [0.1, 0.15) is 22.3 Å². The fourth-order valence-corrected chi connectivity index (χ4v) is 8.76. The minimum absolute atomic E-state index is 0. The maximum atomic E-state index is 9.20. The zero-order valence-corrected chi connectivity index (χ0v) is 20.5. The summed E-state index contributed by atoms with van der Waals surface area (Å²) >= 11 is 1.54. The number of hydrogen-bond donors (Lipinski definition) is 0. The molecular formula is C24H21IN2OPS+. The zero-order valence-electron chi connectivity index (χ0n) is 16.4. The minimum Gasteiger partial charge on any atom is -0.429 e. The van der Waals surface area contributed by atoms with Crippen LogP contribution in [0.25, 0.3) is 0 Å². The highest BCUT2D eigenvalue weighted by Gasteiger charge is 2.52. The van der Waals surface area contributed by atoms with Gasteiger partial charge in [0.15, 0.2) is 7.26 Å². The molecule has 4 aromatic rings. The molecule has 6 heteroatoms. The molecule has 0 spiro atoms.